The second-order valence-electron chi connectivity index (χ2n) is 3.29. The Kier molecular flexibility index (Phi) is 4.28. The number of rotatable bonds is 4. The molecule has 5 nitrogen and oxygen atoms in total. The van der Waals surface area contributed by atoms with Gasteiger partial charge in [-0.05, 0) is 17.7 Å². The number of benzene rings is 1. The molecule has 0 aliphatic heterocycles. The van der Waals surface area contributed by atoms with Gasteiger partial charge in [0.2, 0.25) is 0 Å². The Labute approximate surface area is 93.8 Å². The molecule has 3 N–H and O–H groups in total. The lowest BCUT2D eigenvalue weighted by Gasteiger charge is -2.13. The average Bonchev–Trinajstić information content (AvgIpc) is 2.27. The van der Waals surface area contributed by atoms with Crippen molar-refractivity contribution in [1.29, 1.82) is 0 Å². The summed E-state index contributed by atoms with van der Waals surface area (Å²) in [6.07, 6.45) is 0. The maximum absolute atomic E-state index is 10.9. The van der Waals surface area contributed by atoms with Crippen LogP contribution in [0.25, 0.3) is 0 Å². The van der Waals surface area contributed by atoms with Gasteiger partial charge in [-0.15, -0.1) is 0 Å². The Morgan fingerprint density at radius 2 is 2.19 bits per heavy atom. The van der Waals surface area contributed by atoms with E-state index < -0.39 is 12.0 Å². The molecule has 0 spiro atoms. The zero-order valence-electron chi connectivity index (χ0n) is 9.27. The molecular formula is C11H15NO4. The highest BCUT2D eigenvalue weighted by atomic mass is 16.6. The summed E-state index contributed by atoms with van der Waals surface area (Å²) < 4.78 is 10.0. The number of carbonyl (C=O) groups excluding carboxylic acids is 1. The highest BCUT2D eigenvalue weighted by molar-refractivity contribution is 5.70. The number of nitrogens with two attached hydrogens (primary N) is 1. The fraction of sp³-hybridized carbons (Fsp3) is 0.364. The molecule has 0 aromatic heterocycles. The van der Waals surface area contributed by atoms with Crippen LogP contribution in [-0.4, -0.2) is 24.8 Å². The summed E-state index contributed by atoms with van der Waals surface area (Å²) in [5, 5.41) is 8.92. The van der Waals surface area contributed by atoms with Crippen LogP contribution in [0.15, 0.2) is 18.2 Å². The van der Waals surface area contributed by atoms with E-state index in [0.29, 0.717) is 17.1 Å². The summed E-state index contributed by atoms with van der Waals surface area (Å²) in [6.45, 7) is 1.13. The molecule has 16 heavy (non-hydrogen) atoms. The van der Waals surface area contributed by atoms with E-state index in [-0.39, 0.29) is 6.61 Å². The summed E-state index contributed by atoms with van der Waals surface area (Å²) in [7, 11) is 1.48. The van der Waals surface area contributed by atoms with Gasteiger partial charge in [0.15, 0.2) is 11.5 Å². The minimum absolute atomic E-state index is 0.175. The van der Waals surface area contributed by atoms with Gasteiger partial charge in [-0.25, -0.2) is 0 Å². The molecule has 88 valence electrons. The van der Waals surface area contributed by atoms with Crippen molar-refractivity contribution < 1.29 is 19.4 Å². The predicted molar refractivity (Wildman–Crippen MR) is 58.3 cm³/mol. The smallest absolute Gasteiger partial charge is 0.308 e. The molecule has 0 bridgehead atoms. The lowest BCUT2D eigenvalue weighted by atomic mass is 10.1. The maximum atomic E-state index is 10.9. The first-order chi connectivity index (χ1) is 7.58. The van der Waals surface area contributed by atoms with Gasteiger partial charge < -0.3 is 20.3 Å². The molecule has 0 aliphatic carbocycles. The van der Waals surface area contributed by atoms with E-state index in [4.69, 9.17) is 20.3 Å². The van der Waals surface area contributed by atoms with Crippen LogP contribution in [0.2, 0.25) is 0 Å². The Hall–Kier alpha value is -1.59. The number of aliphatic hydroxyl groups is 1. The zero-order valence-corrected chi connectivity index (χ0v) is 9.27. The van der Waals surface area contributed by atoms with Crippen LogP contribution in [0.3, 0.4) is 0 Å². The second-order valence-corrected chi connectivity index (χ2v) is 3.29. The molecule has 0 heterocycles. The van der Waals surface area contributed by atoms with Gasteiger partial charge in [-0.1, -0.05) is 6.07 Å². The molecular weight excluding hydrogens is 210 g/mol. The number of hydrogen-bond acceptors (Lipinski definition) is 5. The number of carbonyl (C=O) groups is 1. The molecule has 0 aliphatic rings. The summed E-state index contributed by atoms with van der Waals surface area (Å²) in [5.74, 6) is 0.313. The Morgan fingerprint density at radius 3 is 2.69 bits per heavy atom. The molecule has 0 saturated carbocycles. The first kappa shape index (κ1) is 12.5. The van der Waals surface area contributed by atoms with Crippen LogP contribution < -0.4 is 15.2 Å². The monoisotopic (exact) mass is 225 g/mol. The summed E-state index contributed by atoms with van der Waals surface area (Å²) in [4.78, 5) is 10.9. The first-order valence-electron chi connectivity index (χ1n) is 4.81. The molecule has 1 aromatic carbocycles. The lowest BCUT2D eigenvalue weighted by molar-refractivity contribution is -0.132. The molecule has 1 rings (SSSR count). The van der Waals surface area contributed by atoms with Crippen molar-refractivity contribution in [3.63, 3.8) is 0 Å². The quantitative estimate of drug-likeness (QED) is 0.579. The maximum Gasteiger partial charge on any atom is 0.308 e. The molecule has 0 unspecified atom stereocenters. The lowest BCUT2D eigenvalue weighted by Crippen LogP contribution is -2.14. The number of methoxy groups -OCH3 is 1. The van der Waals surface area contributed by atoms with Crippen molar-refractivity contribution in [3.05, 3.63) is 23.8 Å². The molecule has 0 fully saturated rings. The van der Waals surface area contributed by atoms with Gasteiger partial charge in [0.05, 0.1) is 19.8 Å². The van der Waals surface area contributed by atoms with Crippen LogP contribution in [0.1, 0.15) is 18.5 Å². The normalized spacial score (nSPS) is 12.0. The molecule has 5 heteroatoms. The molecule has 1 atom stereocenters. The van der Waals surface area contributed by atoms with E-state index in [1.807, 2.05) is 0 Å². The number of ether oxygens (including phenoxy) is 2. The van der Waals surface area contributed by atoms with E-state index in [1.165, 1.54) is 14.0 Å². The first-order valence-corrected chi connectivity index (χ1v) is 4.81. The summed E-state index contributed by atoms with van der Waals surface area (Å²) in [5.41, 5.74) is 6.33. The molecule has 0 amide bonds. The predicted octanol–water partition coefficient (Wildman–Crippen LogP) is 0.613. The van der Waals surface area contributed by atoms with Crippen molar-refractivity contribution >= 4 is 5.97 Å². The van der Waals surface area contributed by atoms with Crippen molar-refractivity contribution in [3.8, 4) is 11.5 Å². The van der Waals surface area contributed by atoms with Gasteiger partial charge in [0.1, 0.15) is 0 Å². The fourth-order valence-corrected chi connectivity index (χ4v) is 1.26. The SMILES string of the molecule is COc1ccc([C@@H](N)CO)cc1OC(C)=O. The van der Waals surface area contributed by atoms with Gasteiger partial charge in [0, 0.05) is 6.92 Å². The van der Waals surface area contributed by atoms with E-state index in [1.54, 1.807) is 18.2 Å². The zero-order chi connectivity index (χ0) is 12.1. The Morgan fingerprint density at radius 1 is 1.50 bits per heavy atom. The summed E-state index contributed by atoms with van der Waals surface area (Å²) in [6, 6.07) is 4.44. The Bertz CT molecular complexity index is 378. The topological polar surface area (TPSA) is 81.8 Å². The third kappa shape index (κ3) is 2.95. The summed E-state index contributed by atoms with van der Waals surface area (Å²) >= 11 is 0. The van der Waals surface area contributed by atoms with Crippen LogP contribution >= 0.6 is 0 Å². The number of esters is 1. The number of aliphatic hydroxyl groups excluding tert-OH is 1. The van der Waals surface area contributed by atoms with Crippen molar-refractivity contribution in [1.82, 2.24) is 0 Å². The van der Waals surface area contributed by atoms with Crippen LogP contribution in [0, 0.1) is 0 Å². The van der Waals surface area contributed by atoms with Crippen LogP contribution in [0.5, 0.6) is 11.5 Å². The van der Waals surface area contributed by atoms with E-state index in [0.717, 1.165) is 0 Å². The van der Waals surface area contributed by atoms with E-state index in [2.05, 4.69) is 0 Å². The third-order valence-electron chi connectivity index (χ3n) is 2.07. The third-order valence-corrected chi connectivity index (χ3v) is 2.07. The van der Waals surface area contributed by atoms with Gasteiger partial charge in [0.25, 0.3) is 0 Å². The van der Waals surface area contributed by atoms with Crippen molar-refractivity contribution in [2.45, 2.75) is 13.0 Å². The van der Waals surface area contributed by atoms with Crippen molar-refractivity contribution in [2.24, 2.45) is 5.73 Å². The van der Waals surface area contributed by atoms with E-state index >= 15 is 0 Å². The molecule has 0 saturated heterocycles. The van der Waals surface area contributed by atoms with Gasteiger partial charge in [-0.3, -0.25) is 4.79 Å². The van der Waals surface area contributed by atoms with Crippen LogP contribution in [0.4, 0.5) is 0 Å². The second kappa shape index (κ2) is 5.48. The van der Waals surface area contributed by atoms with Crippen molar-refractivity contribution in [2.75, 3.05) is 13.7 Å². The fourth-order valence-electron chi connectivity index (χ4n) is 1.26. The number of hydrogen-bond donors (Lipinski definition) is 2. The largest absolute Gasteiger partial charge is 0.493 e. The van der Waals surface area contributed by atoms with Crippen LogP contribution in [-0.2, 0) is 4.79 Å². The molecule has 0 radical (unpaired) electrons. The average molecular weight is 225 g/mol. The highest BCUT2D eigenvalue weighted by Crippen LogP contribution is 2.29. The Balaban J connectivity index is 3.05. The van der Waals surface area contributed by atoms with Gasteiger partial charge >= 0.3 is 5.97 Å². The van der Waals surface area contributed by atoms with Gasteiger partial charge in [-0.2, -0.15) is 0 Å². The molecule has 1 aromatic rings. The minimum atomic E-state index is -0.500. The minimum Gasteiger partial charge on any atom is -0.493 e. The standard InChI is InChI=1S/C11H15NO4/c1-7(14)16-11-5-8(9(12)6-13)3-4-10(11)15-2/h3-5,9,13H,6,12H2,1-2H3/t9-/m0/s1. The highest BCUT2D eigenvalue weighted by Gasteiger charge is 2.11. The van der Waals surface area contributed by atoms with E-state index in [9.17, 15) is 4.79 Å².